The Balaban J connectivity index is 1.81. The molecule has 0 aliphatic carbocycles. The number of nitrogens with zero attached hydrogens (tertiary/aromatic N) is 1. The molecule has 0 atom stereocenters. The van der Waals surface area contributed by atoms with Crippen molar-refractivity contribution in [2.75, 3.05) is 0 Å². The zero-order valence-corrected chi connectivity index (χ0v) is 14.2. The Kier molecular flexibility index (Phi) is 5.03. The van der Waals surface area contributed by atoms with Crippen LogP contribution in [0.1, 0.15) is 25.0 Å². The maximum Gasteiger partial charge on any atom is 0.213 e. The second-order valence-electron chi connectivity index (χ2n) is 4.79. The van der Waals surface area contributed by atoms with E-state index >= 15 is 0 Å². The van der Waals surface area contributed by atoms with Crippen LogP contribution < -0.4 is 0 Å². The van der Waals surface area contributed by atoms with E-state index in [2.05, 4.69) is 11.8 Å². The molecule has 24 heavy (non-hydrogen) atoms. The number of thiophene rings is 2. The molecule has 0 aliphatic rings. The van der Waals surface area contributed by atoms with Gasteiger partial charge in [-0.2, -0.15) is 5.26 Å². The van der Waals surface area contributed by atoms with Crippen LogP contribution in [0.4, 0.5) is 0 Å². The van der Waals surface area contributed by atoms with Crippen molar-refractivity contribution in [3.63, 3.8) is 0 Å². The van der Waals surface area contributed by atoms with Crippen LogP contribution in [0.2, 0.25) is 0 Å². The molecule has 2 aromatic heterocycles. The fourth-order valence-corrected chi connectivity index (χ4v) is 3.47. The van der Waals surface area contributed by atoms with Crippen molar-refractivity contribution in [3.05, 3.63) is 85.7 Å². The van der Waals surface area contributed by atoms with Gasteiger partial charge >= 0.3 is 0 Å². The van der Waals surface area contributed by atoms with E-state index in [1.54, 1.807) is 18.2 Å². The van der Waals surface area contributed by atoms with Gasteiger partial charge in [0, 0.05) is 10.4 Å². The van der Waals surface area contributed by atoms with E-state index in [0.717, 1.165) is 15.3 Å². The van der Waals surface area contributed by atoms with Gasteiger partial charge in [0.05, 0.1) is 9.75 Å². The van der Waals surface area contributed by atoms with Crippen LogP contribution in [0, 0.1) is 23.2 Å². The van der Waals surface area contributed by atoms with Gasteiger partial charge in [0.1, 0.15) is 11.6 Å². The number of carbonyl (C=O) groups excluding carboxylic acids is 1. The molecule has 4 heteroatoms. The first-order valence-electron chi connectivity index (χ1n) is 7.13. The number of hydrogen-bond acceptors (Lipinski definition) is 4. The van der Waals surface area contributed by atoms with Gasteiger partial charge in [0.2, 0.25) is 5.78 Å². The zero-order valence-electron chi connectivity index (χ0n) is 12.5. The van der Waals surface area contributed by atoms with Gasteiger partial charge in [-0.15, -0.1) is 22.7 Å². The molecule has 0 amide bonds. The molecule has 0 saturated heterocycles. The molecular formula is C20H11NOS2. The quantitative estimate of drug-likeness (QED) is 0.290. The van der Waals surface area contributed by atoms with E-state index in [1.807, 2.05) is 53.9 Å². The number of rotatable bonds is 3. The molecule has 0 bridgehead atoms. The fraction of sp³-hybridized carbons (Fsp3) is 0. The molecule has 0 radical (unpaired) electrons. The first-order valence-corrected chi connectivity index (χ1v) is 8.83. The Hall–Kier alpha value is -2.92. The molecule has 0 fully saturated rings. The maximum absolute atomic E-state index is 12.3. The van der Waals surface area contributed by atoms with Gasteiger partial charge in [0.25, 0.3) is 0 Å². The van der Waals surface area contributed by atoms with Gasteiger partial charge in [-0.3, -0.25) is 4.79 Å². The van der Waals surface area contributed by atoms with E-state index in [9.17, 15) is 10.1 Å². The summed E-state index contributed by atoms with van der Waals surface area (Å²) in [6.45, 7) is 0. The number of nitriles is 1. The summed E-state index contributed by atoms with van der Waals surface area (Å²) in [4.78, 5) is 14.6. The predicted octanol–water partition coefficient (Wildman–Crippen LogP) is 5.00. The monoisotopic (exact) mass is 345 g/mol. The lowest BCUT2D eigenvalue weighted by atomic mass is 10.1. The normalized spacial score (nSPS) is 10.5. The Labute approximate surface area is 148 Å². The van der Waals surface area contributed by atoms with Crippen molar-refractivity contribution in [2.24, 2.45) is 0 Å². The minimum Gasteiger partial charge on any atom is -0.287 e. The number of benzene rings is 1. The molecule has 114 valence electrons. The second kappa shape index (κ2) is 7.57. The van der Waals surface area contributed by atoms with Crippen LogP contribution in [-0.4, -0.2) is 5.78 Å². The summed E-state index contributed by atoms with van der Waals surface area (Å²) in [5.41, 5.74) is 1.09. The molecule has 0 saturated carbocycles. The van der Waals surface area contributed by atoms with Gasteiger partial charge in [0.15, 0.2) is 0 Å². The summed E-state index contributed by atoms with van der Waals surface area (Å²) in [7, 11) is 0. The topological polar surface area (TPSA) is 40.9 Å². The summed E-state index contributed by atoms with van der Waals surface area (Å²) in [5.74, 6) is 5.96. The third kappa shape index (κ3) is 3.88. The molecule has 3 rings (SSSR count). The highest BCUT2D eigenvalue weighted by molar-refractivity contribution is 7.13. The van der Waals surface area contributed by atoms with Crippen molar-refractivity contribution in [3.8, 4) is 17.9 Å². The molecule has 0 spiro atoms. The van der Waals surface area contributed by atoms with E-state index in [-0.39, 0.29) is 11.4 Å². The lowest BCUT2D eigenvalue weighted by molar-refractivity contribution is 0.104. The summed E-state index contributed by atoms with van der Waals surface area (Å²) < 4.78 is 0. The van der Waals surface area contributed by atoms with E-state index in [1.165, 1.54) is 22.7 Å². The molecule has 2 heterocycles. The molecule has 2 nitrogen and oxygen atoms in total. The van der Waals surface area contributed by atoms with Crippen LogP contribution in [0.15, 0.2) is 65.6 Å². The standard InChI is InChI=1S/C20H11NOS2/c21-14-16(20(22)19-7-4-12-23-19)13-18-11-10-17(24-18)9-8-15-5-2-1-3-6-15/h1-7,10-13H/b16-13+. The molecule has 0 N–H and O–H groups in total. The van der Waals surface area contributed by atoms with Crippen molar-refractivity contribution in [1.82, 2.24) is 0 Å². The van der Waals surface area contributed by atoms with Gasteiger partial charge in [-0.25, -0.2) is 0 Å². The highest BCUT2D eigenvalue weighted by atomic mass is 32.1. The van der Waals surface area contributed by atoms with Crippen LogP contribution >= 0.6 is 22.7 Å². The van der Waals surface area contributed by atoms with Crippen molar-refractivity contribution < 1.29 is 4.79 Å². The van der Waals surface area contributed by atoms with E-state index in [4.69, 9.17) is 0 Å². The van der Waals surface area contributed by atoms with Crippen molar-refractivity contribution >= 4 is 34.5 Å². The van der Waals surface area contributed by atoms with Gasteiger partial charge in [-0.05, 0) is 41.8 Å². The largest absolute Gasteiger partial charge is 0.287 e. The minimum absolute atomic E-state index is 0.141. The van der Waals surface area contributed by atoms with Crippen LogP contribution in [-0.2, 0) is 0 Å². The lowest BCUT2D eigenvalue weighted by Crippen LogP contribution is -1.98. The SMILES string of the molecule is N#C/C(=C\c1ccc(C#Cc2ccccc2)s1)C(=O)c1cccs1. The zero-order chi connectivity index (χ0) is 16.8. The third-order valence-corrected chi connectivity index (χ3v) is 4.94. The molecule has 3 aromatic rings. The molecule has 1 aromatic carbocycles. The fourth-order valence-electron chi connectivity index (χ4n) is 1.98. The number of ketones is 1. The highest BCUT2D eigenvalue weighted by Crippen LogP contribution is 2.21. The lowest BCUT2D eigenvalue weighted by Gasteiger charge is -1.94. The summed E-state index contributed by atoms with van der Waals surface area (Å²) in [6, 6.07) is 19.0. The summed E-state index contributed by atoms with van der Waals surface area (Å²) in [6.07, 6.45) is 1.63. The predicted molar refractivity (Wildman–Crippen MR) is 99.0 cm³/mol. The summed E-state index contributed by atoms with van der Waals surface area (Å²) >= 11 is 2.80. The van der Waals surface area contributed by atoms with E-state index in [0.29, 0.717) is 4.88 Å². The van der Waals surface area contributed by atoms with E-state index < -0.39 is 0 Å². The second-order valence-corrected chi connectivity index (χ2v) is 6.86. The Morgan fingerprint density at radius 3 is 2.54 bits per heavy atom. The number of allylic oxidation sites excluding steroid dienone is 1. The first-order chi connectivity index (χ1) is 11.8. The minimum atomic E-state index is -0.238. The highest BCUT2D eigenvalue weighted by Gasteiger charge is 2.13. The number of Topliss-reactive ketones (excluding diaryl/α,β-unsaturated/α-hetero) is 1. The Morgan fingerprint density at radius 1 is 1.00 bits per heavy atom. The Morgan fingerprint density at radius 2 is 1.83 bits per heavy atom. The Bertz CT molecular complexity index is 978. The van der Waals surface area contributed by atoms with Crippen LogP contribution in [0.3, 0.4) is 0 Å². The average molecular weight is 345 g/mol. The average Bonchev–Trinajstić information content (AvgIpc) is 3.30. The molecule has 0 aliphatic heterocycles. The van der Waals surface area contributed by atoms with Crippen LogP contribution in [0.25, 0.3) is 6.08 Å². The molecular weight excluding hydrogens is 334 g/mol. The number of hydrogen-bond donors (Lipinski definition) is 0. The number of carbonyl (C=O) groups is 1. The van der Waals surface area contributed by atoms with Gasteiger partial charge < -0.3 is 0 Å². The van der Waals surface area contributed by atoms with Gasteiger partial charge in [-0.1, -0.05) is 36.1 Å². The smallest absolute Gasteiger partial charge is 0.213 e. The third-order valence-electron chi connectivity index (χ3n) is 3.13. The summed E-state index contributed by atoms with van der Waals surface area (Å²) in [5, 5.41) is 11.1. The molecule has 0 unspecified atom stereocenters. The maximum atomic E-state index is 12.3. The van der Waals surface area contributed by atoms with Crippen LogP contribution in [0.5, 0.6) is 0 Å². The van der Waals surface area contributed by atoms with Crippen molar-refractivity contribution in [1.29, 1.82) is 5.26 Å². The first kappa shape index (κ1) is 16.0. The van der Waals surface area contributed by atoms with Crippen molar-refractivity contribution in [2.45, 2.75) is 0 Å².